The molecule has 0 radical (unpaired) electrons. The van der Waals surface area contributed by atoms with Crippen molar-refractivity contribution in [3.05, 3.63) is 0 Å². The molecule has 0 spiro atoms. The number of carbonyl (C=O) groups excluding carboxylic acids is 1. The van der Waals surface area contributed by atoms with Gasteiger partial charge in [-0.05, 0) is 25.7 Å². The number of hydrogen-bond acceptors (Lipinski definition) is 3. The van der Waals surface area contributed by atoms with Crippen molar-refractivity contribution in [2.75, 3.05) is 26.4 Å². The maximum Gasteiger partial charge on any atom is 0.251 e. The Morgan fingerprint density at radius 2 is 2.14 bits per heavy atom. The van der Waals surface area contributed by atoms with Crippen LogP contribution >= 0.6 is 0 Å². The van der Waals surface area contributed by atoms with Crippen LogP contribution in [0.4, 0.5) is 0 Å². The molecule has 1 amide bonds. The summed E-state index contributed by atoms with van der Waals surface area (Å²) >= 11 is 0. The highest BCUT2D eigenvalue weighted by Gasteiger charge is 2.28. The molecule has 0 saturated carbocycles. The van der Waals surface area contributed by atoms with E-state index in [4.69, 9.17) is 9.57 Å². The zero-order valence-corrected chi connectivity index (χ0v) is 8.41. The van der Waals surface area contributed by atoms with Gasteiger partial charge in [0.1, 0.15) is 0 Å². The lowest BCUT2D eigenvalue weighted by Gasteiger charge is -2.30. The van der Waals surface area contributed by atoms with E-state index in [2.05, 4.69) is 0 Å². The third kappa shape index (κ3) is 2.25. The monoisotopic (exact) mass is 199 g/mol. The Morgan fingerprint density at radius 3 is 2.79 bits per heavy atom. The summed E-state index contributed by atoms with van der Waals surface area (Å²) in [6, 6.07) is 0. The molecule has 1 atom stereocenters. The Labute approximate surface area is 84.1 Å². The number of carbonyl (C=O) groups is 1. The van der Waals surface area contributed by atoms with Gasteiger partial charge in [-0.1, -0.05) is 0 Å². The van der Waals surface area contributed by atoms with Crippen LogP contribution in [0.1, 0.15) is 25.7 Å². The molecule has 2 rings (SSSR count). The Balaban J connectivity index is 1.85. The number of hydrogen-bond donors (Lipinski definition) is 0. The van der Waals surface area contributed by atoms with Crippen LogP contribution in [0.15, 0.2) is 0 Å². The Bertz CT molecular complexity index is 176. The molecule has 2 aliphatic rings. The Kier molecular flexibility index (Phi) is 3.37. The smallest absolute Gasteiger partial charge is 0.251 e. The van der Waals surface area contributed by atoms with Crippen LogP contribution < -0.4 is 0 Å². The standard InChI is InChI=1S/C10H17NO3/c12-10(9-4-3-6-13-8-9)11-5-1-2-7-14-11/h9H,1-8H2. The van der Waals surface area contributed by atoms with Crippen molar-refractivity contribution in [2.45, 2.75) is 25.7 Å². The maximum absolute atomic E-state index is 11.9. The summed E-state index contributed by atoms with van der Waals surface area (Å²) in [7, 11) is 0. The molecule has 80 valence electrons. The first-order valence-corrected chi connectivity index (χ1v) is 5.40. The third-order valence-electron chi connectivity index (χ3n) is 2.76. The normalized spacial score (nSPS) is 28.9. The average Bonchev–Trinajstić information content (AvgIpc) is 2.30. The third-order valence-corrected chi connectivity index (χ3v) is 2.76. The highest BCUT2D eigenvalue weighted by Crippen LogP contribution is 2.18. The van der Waals surface area contributed by atoms with Crippen molar-refractivity contribution in [1.82, 2.24) is 5.06 Å². The van der Waals surface area contributed by atoms with Crippen molar-refractivity contribution in [2.24, 2.45) is 5.92 Å². The molecule has 0 aromatic heterocycles. The number of nitrogens with zero attached hydrogens (tertiary/aromatic N) is 1. The number of amides is 1. The first-order valence-electron chi connectivity index (χ1n) is 5.40. The van der Waals surface area contributed by atoms with Crippen LogP contribution in [-0.4, -0.2) is 37.3 Å². The molecule has 0 aliphatic carbocycles. The molecular formula is C10H17NO3. The van der Waals surface area contributed by atoms with Crippen molar-refractivity contribution >= 4 is 5.91 Å². The minimum atomic E-state index is 0.0295. The predicted octanol–water partition coefficient (Wildman–Crippen LogP) is 0.967. The quantitative estimate of drug-likeness (QED) is 0.631. The van der Waals surface area contributed by atoms with Gasteiger partial charge in [-0.15, -0.1) is 0 Å². The van der Waals surface area contributed by atoms with E-state index in [0.29, 0.717) is 13.2 Å². The molecule has 4 heteroatoms. The molecule has 0 bridgehead atoms. The van der Waals surface area contributed by atoms with Gasteiger partial charge in [-0.25, -0.2) is 5.06 Å². The van der Waals surface area contributed by atoms with Crippen LogP contribution in [0, 0.1) is 5.92 Å². The number of hydroxylamine groups is 2. The molecule has 0 aromatic rings. The summed E-state index contributed by atoms with van der Waals surface area (Å²) < 4.78 is 5.29. The summed E-state index contributed by atoms with van der Waals surface area (Å²) in [5, 5.41) is 1.53. The Hall–Kier alpha value is -0.610. The highest BCUT2D eigenvalue weighted by atomic mass is 16.7. The minimum Gasteiger partial charge on any atom is -0.381 e. The van der Waals surface area contributed by atoms with Gasteiger partial charge in [-0.3, -0.25) is 9.63 Å². The van der Waals surface area contributed by atoms with E-state index in [0.717, 1.165) is 38.8 Å². The van der Waals surface area contributed by atoms with E-state index in [1.165, 1.54) is 5.06 Å². The number of rotatable bonds is 1. The lowest BCUT2D eigenvalue weighted by Crippen LogP contribution is -2.42. The summed E-state index contributed by atoms with van der Waals surface area (Å²) in [6.45, 7) is 2.79. The molecule has 2 heterocycles. The number of ether oxygens (including phenoxy) is 1. The van der Waals surface area contributed by atoms with E-state index in [9.17, 15) is 4.79 Å². The van der Waals surface area contributed by atoms with E-state index >= 15 is 0 Å². The topological polar surface area (TPSA) is 38.8 Å². The van der Waals surface area contributed by atoms with Gasteiger partial charge in [0.15, 0.2) is 0 Å². The fraction of sp³-hybridized carbons (Fsp3) is 0.900. The van der Waals surface area contributed by atoms with E-state index in [-0.39, 0.29) is 11.8 Å². The molecule has 2 saturated heterocycles. The van der Waals surface area contributed by atoms with E-state index < -0.39 is 0 Å². The molecule has 14 heavy (non-hydrogen) atoms. The minimum absolute atomic E-state index is 0.0295. The second-order valence-electron chi connectivity index (χ2n) is 3.89. The van der Waals surface area contributed by atoms with E-state index in [1.54, 1.807) is 0 Å². The lowest BCUT2D eigenvalue weighted by molar-refractivity contribution is -0.204. The molecule has 1 unspecified atom stereocenters. The van der Waals surface area contributed by atoms with Crippen LogP contribution in [0.3, 0.4) is 0 Å². The predicted molar refractivity (Wildman–Crippen MR) is 50.4 cm³/mol. The molecule has 4 nitrogen and oxygen atoms in total. The SMILES string of the molecule is O=C(C1CCCOC1)N1CCCCO1. The summed E-state index contributed by atoms with van der Waals surface area (Å²) in [4.78, 5) is 17.2. The summed E-state index contributed by atoms with van der Waals surface area (Å²) in [5.74, 6) is 0.145. The van der Waals surface area contributed by atoms with Crippen molar-refractivity contribution < 1.29 is 14.4 Å². The first kappa shape index (κ1) is 9.93. The van der Waals surface area contributed by atoms with Gasteiger partial charge in [0.25, 0.3) is 5.91 Å². The van der Waals surface area contributed by atoms with Crippen molar-refractivity contribution in [1.29, 1.82) is 0 Å². The largest absolute Gasteiger partial charge is 0.381 e. The molecule has 0 N–H and O–H groups in total. The first-order chi connectivity index (χ1) is 6.88. The van der Waals surface area contributed by atoms with Gasteiger partial charge in [0.05, 0.1) is 19.1 Å². The molecule has 0 aromatic carbocycles. The van der Waals surface area contributed by atoms with Gasteiger partial charge < -0.3 is 4.74 Å². The molecular weight excluding hydrogens is 182 g/mol. The summed E-state index contributed by atoms with van der Waals surface area (Å²) in [5.41, 5.74) is 0. The molecule has 2 fully saturated rings. The van der Waals surface area contributed by atoms with Gasteiger partial charge in [-0.2, -0.15) is 0 Å². The van der Waals surface area contributed by atoms with E-state index in [1.807, 2.05) is 0 Å². The van der Waals surface area contributed by atoms with Crippen LogP contribution in [0.2, 0.25) is 0 Å². The maximum atomic E-state index is 11.9. The van der Waals surface area contributed by atoms with Crippen molar-refractivity contribution in [3.8, 4) is 0 Å². The second-order valence-corrected chi connectivity index (χ2v) is 3.89. The van der Waals surface area contributed by atoms with Gasteiger partial charge in [0, 0.05) is 13.2 Å². The van der Waals surface area contributed by atoms with Gasteiger partial charge >= 0.3 is 0 Å². The Morgan fingerprint density at radius 1 is 1.21 bits per heavy atom. The average molecular weight is 199 g/mol. The summed E-state index contributed by atoms with van der Waals surface area (Å²) in [6.07, 6.45) is 4.05. The zero-order valence-electron chi connectivity index (χ0n) is 8.41. The highest BCUT2D eigenvalue weighted by molar-refractivity contribution is 5.78. The fourth-order valence-electron chi connectivity index (χ4n) is 1.91. The van der Waals surface area contributed by atoms with Gasteiger partial charge in [0.2, 0.25) is 0 Å². The van der Waals surface area contributed by atoms with Crippen LogP contribution in [0.5, 0.6) is 0 Å². The van der Waals surface area contributed by atoms with Crippen LogP contribution in [-0.2, 0) is 14.4 Å². The fourth-order valence-corrected chi connectivity index (χ4v) is 1.91. The van der Waals surface area contributed by atoms with Crippen molar-refractivity contribution in [3.63, 3.8) is 0 Å². The molecule has 2 aliphatic heterocycles. The van der Waals surface area contributed by atoms with Crippen LogP contribution in [0.25, 0.3) is 0 Å². The zero-order chi connectivity index (χ0) is 9.80. The lowest BCUT2D eigenvalue weighted by atomic mass is 10.0. The second kappa shape index (κ2) is 4.75.